The van der Waals surface area contributed by atoms with Crippen LogP contribution in [0.5, 0.6) is 0 Å². The molecule has 5 rings (SSSR count). The summed E-state index contributed by atoms with van der Waals surface area (Å²) in [5.41, 5.74) is 3.42. The van der Waals surface area contributed by atoms with Crippen LogP contribution in [0.25, 0.3) is 10.9 Å². The molecule has 11 heteroatoms. The van der Waals surface area contributed by atoms with Gasteiger partial charge in [-0.1, -0.05) is 19.9 Å². The first-order valence-corrected chi connectivity index (χ1v) is 15.4. The molecule has 0 aliphatic carbocycles. The van der Waals surface area contributed by atoms with Crippen molar-refractivity contribution in [3.63, 3.8) is 0 Å². The summed E-state index contributed by atoms with van der Waals surface area (Å²) in [5.74, 6) is 0.724. The molecule has 3 aromatic rings. The number of fused-ring (bicyclic) bond motifs is 1. The summed E-state index contributed by atoms with van der Waals surface area (Å²) in [5, 5.41) is 5.93. The largest absolute Gasteiger partial charge is 0.382 e. The second-order valence-electron chi connectivity index (χ2n) is 10.8. The number of aromatic nitrogens is 2. The number of aryl methyl sites for hydroxylation is 1. The van der Waals surface area contributed by atoms with Crippen molar-refractivity contribution in [2.45, 2.75) is 62.7 Å². The highest BCUT2D eigenvalue weighted by Gasteiger charge is 2.26. The van der Waals surface area contributed by atoms with Crippen molar-refractivity contribution in [2.75, 3.05) is 44.9 Å². The molecule has 0 bridgehead atoms. The molecule has 2 saturated heterocycles. The zero-order chi connectivity index (χ0) is 28.4. The summed E-state index contributed by atoms with van der Waals surface area (Å²) in [6.07, 6.45) is 2.01. The van der Waals surface area contributed by atoms with E-state index in [1.807, 2.05) is 32.0 Å². The molecular formula is C29H38N4O6S. The molecule has 2 atom stereocenters. The minimum absolute atomic E-state index is 0.00684. The third kappa shape index (κ3) is 6.08. The number of anilines is 1. The Morgan fingerprint density at radius 3 is 2.67 bits per heavy atom. The van der Waals surface area contributed by atoms with E-state index in [2.05, 4.69) is 4.90 Å². The number of ether oxygens (including phenoxy) is 3. The van der Waals surface area contributed by atoms with E-state index in [1.165, 1.54) is 6.07 Å². The smallest absolute Gasteiger partial charge is 0.261 e. The molecule has 10 nitrogen and oxygen atoms in total. The predicted molar refractivity (Wildman–Crippen MR) is 153 cm³/mol. The van der Waals surface area contributed by atoms with E-state index in [0.29, 0.717) is 56.1 Å². The highest BCUT2D eigenvalue weighted by atomic mass is 32.2. The van der Waals surface area contributed by atoms with Crippen LogP contribution >= 0.6 is 0 Å². The van der Waals surface area contributed by atoms with Gasteiger partial charge in [-0.3, -0.25) is 9.36 Å². The third-order valence-corrected chi connectivity index (χ3v) is 8.63. The van der Waals surface area contributed by atoms with Crippen LogP contribution in [0.15, 0.2) is 46.1 Å². The molecule has 0 unspecified atom stereocenters. The summed E-state index contributed by atoms with van der Waals surface area (Å²) >= 11 is 0. The van der Waals surface area contributed by atoms with Gasteiger partial charge in [-0.2, -0.15) is 0 Å². The summed E-state index contributed by atoms with van der Waals surface area (Å²) in [7, 11) is -2.14. The molecule has 2 aliphatic rings. The quantitative estimate of drug-likeness (QED) is 0.416. The molecule has 0 saturated carbocycles. The molecule has 1 aromatic heterocycles. The number of hydrogen-bond donors (Lipinski definition) is 1. The van der Waals surface area contributed by atoms with Crippen LogP contribution in [0.4, 0.5) is 5.69 Å². The Balaban J connectivity index is 1.50. The number of primary sulfonamides is 1. The molecule has 3 heterocycles. The highest BCUT2D eigenvalue weighted by molar-refractivity contribution is 7.89. The van der Waals surface area contributed by atoms with Gasteiger partial charge in [-0.05, 0) is 66.6 Å². The number of rotatable bonds is 9. The molecule has 2 fully saturated rings. The van der Waals surface area contributed by atoms with Crippen molar-refractivity contribution in [1.82, 2.24) is 9.55 Å². The number of morpholine rings is 1. The normalized spacial score (nSPS) is 20.1. The molecule has 0 radical (unpaired) electrons. The van der Waals surface area contributed by atoms with Crippen molar-refractivity contribution >= 4 is 26.6 Å². The fraction of sp³-hybridized carbons (Fsp3) is 0.517. The van der Waals surface area contributed by atoms with Crippen LogP contribution in [0.2, 0.25) is 0 Å². The molecule has 0 spiro atoms. The second-order valence-corrected chi connectivity index (χ2v) is 12.4. The van der Waals surface area contributed by atoms with Gasteiger partial charge in [0.1, 0.15) is 11.9 Å². The number of sulfonamides is 1. The van der Waals surface area contributed by atoms with E-state index in [-0.39, 0.29) is 28.6 Å². The molecule has 2 aliphatic heterocycles. The Morgan fingerprint density at radius 1 is 1.15 bits per heavy atom. The third-order valence-electron chi connectivity index (χ3n) is 7.72. The van der Waals surface area contributed by atoms with E-state index in [1.54, 1.807) is 23.8 Å². The molecule has 0 amide bonds. The first kappa shape index (κ1) is 28.7. The Kier molecular flexibility index (Phi) is 8.58. The first-order chi connectivity index (χ1) is 19.2. The summed E-state index contributed by atoms with van der Waals surface area (Å²) in [4.78, 5) is 21.2. The minimum Gasteiger partial charge on any atom is -0.382 e. The van der Waals surface area contributed by atoms with E-state index >= 15 is 0 Å². The van der Waals surface area contributed by atoms with Crippen LogP contribution < -0.4 is 15.6 Å². The van der Waals surface area contributed by atoms with Gasteiger partial charge >= 0.3 is 0 Å². The Hall–Kier alpha value is -2.83. The van der Waals surface area contributed by atoms with Gasteiger partial charge in [0, 0.05) is 39.0 Å². The fourth-order valence-corrected chi connectivity index (χ4v) is 6.20. The average molecular weight is 571 g/mol. The van der Waals surface area contributed by atoms with Crippen LogP contribution in [0.3, 0.4) is 0 Å². The lowest BCUT2D eigenvalue weighted by Gasteiger charge is -2.34. The summed E-state index contributed by atoms with van der Waals surface area (Å²) < 4.78 is 42.7. The number of methoxy groups -OCH3 is 1. The van der Waals surface area contributed by atoms with Crippen molar-refractivity contribution < 1.29 is 22.6 Å². The Morgan fingerprint density at radius 2 is 1.98 bits per heavy atom. The van der Waals surface area contributed by atoms with Crippen LogP contribution in [0.1, 0.15) is 55.7 Å². The van der Waals surface area contributed by atoms with E-state index in [4.69, 9.17) is 24.3 Å². The SMILES string of the molecule is COC[C@H]1CN(c2ccc3c(=O)n(CCc4ccc(S(N)(=O)=O)cc4C(C)C)c([C@@H]4CCCO4)nc3c2)CCO1. The van der Waals surface area contributed by atoms with Crippen molar-refractivity contribution in [1.29, 1.82) is 0 Å². The minimum atomic E-state index is -3.81. The molecule has 40 heavy (non-hydrogen) atoms. The maximum atomic E-state index is 13.9. The predicted octanol–water partition coefficient (Wildman–Crippen LogP) is 3.11. The van der Waals surface area contributed by atoms with Crippen molar-refractivity contribution in [2.24, 2.45) is 5.14 Å². The van der Waals surface area contributed by atoms with E-state index in [0.717, 1.165) is 36.2 Å². The van der Waals surface area contributed by atoms with Crippen molar-refractivity contribution in [3.8, 4) is 0 Å². The standard InChI is InChI=1S/C29H38N4O6S/c1-19(2)25-16-23(40(30,35)36)8-6-20(25)10-11-33-28(27-5-4-13-39-27)31-26-15-21(7-9-24(26)29(33)34)32-12-14-38-22(17-32)18-37-3/h6-9,15-16,19,22,27H,4-5,10-14,17-18H2,1-3H3,(H2,30,35,36)/t22-,27+/m1/s1. The van der Waals surface area contributed by atoms with Gasteiger partial charge in [0.15, 0.2) is 0 Å². The number of nitrogens with two attached hydrogens (primary N) is 1. The van der Waals surface area contributed by atoms with Gasteiger partial charge in [0.2, 0.25) is 10.0 Å². The second kappa shape index (κ2) is 12.0. The Bertz CT molecular complexity index is 1530. The fourth-order valence-electron chi connectivity index (χ4n) is 5.65. The molecule has 2 aromatic carbocycles. The van der Waals surface area contributed by atoms with Crippen molar-refractivity contribution in [3.05, 3.63) is 63.7 Å². The van der Waals surface area contributed by atoms with Crippen LogP contribution in [0, 0.1) is 0 Å². The number of benzene rings is 2. The van der Waals surface area contributed by atoms with Crippen LogP contribution in [-0.4, -0.2) is 64.1 Å². The van der Waals surface area contributed by atoms with Crippen LogP contribution in [-0.2, 0) is 37.2 Å². The summed E-state index contributed by atoms with van der Waals surface area (Å²) in [6.45, 7) is 7.66. The lowest BCUT2D eigenvalue weighted by atomic mass is 9.95. The maximum Gasteiger partial charge on any atom is 0.261 e. The molecular weight excluding hydrogens is 532 g/mol. The number of hydrogen-bond acceptors (Lipinski definition) is 8. The first-order valence-electron chi connectivity index (χ1n) is 13.8. The topological polar surface area (TPSA) is 126 Å². The average Bonchev–Trinajstić information content (AvgIpc) is 3.47. The van der Waals surface area contributed by atoms with Gasteiger partial charge < -0.3 is 19.1 Å². The summed E-state index contributed by atoms with van der Waals surface area (Å²) in [6, 6.07) is 10.8. The lowest BCUT2D eigenvalue weighted by molar-refractivity contribution is -0.0100. The van der Waals surface area contributed by atoms with Gasteiger partial charge in [-0.25, -0.2) is 18.5 Å². The maximum absolute atomic E-state index is 13.9. The zero-order valence-electron chi connectivity index (χ0n) is 23.3. The van der Waals surface area contributed by atoms with Gasteiger partial charge in [0.05, 0.1) is 35.1 Å². The molecule has 216 valence electrons. The zero-order valence-corrected chi connectivity index (χ0v) is 24.2. The van der Waals surface area contributed by atoms with Gasteiger partial charge in [0.25, 0.3) is 5.56 Å². The lowest BCUT2D eigenvalue weighted by Crippen LogP contribution is -2.44. The van der Waals surface area contributed by atoms with Gasteiger partial charge in [-0.15, -0.1) is 0 Å². The monoisotopic (exact) mass is 570 g/mol. The van der Waals surface area contributed by atoms with E-state index in [9.17, 15) is 13.2 Å². The number of nitrogens with zero attached hydrogens (tertiary/aromatic N) is 3. The Labute approximate surface area is 235 Å². The highest BCUT2D eigenvalue weighted by Crippen LogP contribution is 2.30. The molecule has 2 N–H and O–H groups in total. The van der Waals surface area contributed by atoms with E-state index < -0.39 is 10.0 Å².